The number of ether oxygens (including phenoxy) is 1. The Balaban J connectivity index is 1.72. The maximum Gasteiger partial charge on any atom is 0.282 e. The summed E-state index contributed by atoms with van der Waals surface area (Å²) in [5, 5.41) is 5.25. The minimum absolute atomic E-state index is 0.213. The molecule has 0 N–H and O–H groups in total. The molecule has 2 aromatic heterocycles. The van der Waals surface area contributed by atoms with Gasteiger partial charge >= 0.3 is 0 Å². The van der Waals surface area contributed by atoms with E-state index in [2.05, 4.69) is 43.5 Å². The second kappa shape index (κ2) is 10.5. The summed E-state index contributed by atoms with van der Waals surface area (Å²) in [5.74, 6) is 1.59. The molecule has 0 bridgehead atoms. The molecule has 6 heteroatoms. The Morgan fingerprint density at radius 2 is 1.74 bits per heavy atom. The van der Waals surface area contributed by atoms with Gasteiger partial charge in [-0.3, -0.25) is 4.79 Å². The van der Waals surface area contributed by atoms with E-state index in [1.54, 1.807) is 12.3 Å². The summed E-state index contributed by atoms with van der Waals surface area (Å²) in [4.78, 5) is 18.7. The first-order valence-electron chi connectivity index (χ1n) is 13.0. The second-order valence-corrected chi connectivity index (χ2v) is 9.70. The van der Waals surface area contributed by atoms with Crippen molar-refractivity contribution < 1.29 is 4.74 Å². The molecule has 6 nitrogen and oxygen atoms in total. The normalized spacial score (nSPS) is 11.6. The van der Waals surface area contributed by atoms with E-state index in [0.29, 0.717) is 23.3 Å². The van der Waals surface area contributed by atoms with E-state index in [4.69, 9.17) is 14.8 Å². The van der Waals surface area contributed by atoms with Crippen LogP contribution in [0.3, 0.4) is 0 Å². The van der Waals surface area contributed by atoms with Gasteiger partial charge in [0.05, 0.1) is 29.4 Å². The fourth-order valence-corrected chi connectivity index (χ4v) is 4.75. The molecule has 0 amide bonds. The lowest BCUT2D eigenvalue weighted by Crippen LogP contribution is -2.21. The largest absolute Gasteiger partial charge is 0.494 e. The van der Waals surface area contributed by atoms with E-state index < -0.39 is 0 Å². The number of hydrogen-bond donors (Lipinski definition) is 0. The van der Waals surface area contributed by atoms with Crippen LogP contribution in [0, 0.1) is 13.8 Å². The van der Waals surface area contributed by atoms with E-state index >= 15 is 0 Å². The highest BCUT2D eigenvalue weighted by Crippen LogP contribution is 2.34. The van der Waals surface area contributed by atoms with Crippen LogP contribution >= 0.6 is 0 Å². The maximum atomic E-state index is 13.8. The number of aryl methyl sites for hydroxylation is 2. The number of benzene rings is 3. The Morgan fingerprint density at radius 3 is 2.50 bits per heavy atom. The average molecular weight is 505 g/mol. The maximum absolute atomic E-state index is 13.8. The molecular formula is C32H32N4O2. The van der Waals surface area contributed by atoms with E-state index in [-0.39, 0.29) is 11.5 Å². The first-order chi connectivity index (χ1) is 18.4. The lowest BCUT2D eigenvalue weighted by Gasteiger charge is -2.18. The van der Waals surface area contributed by atoms with Crippen LogP contribution in [0.15, 0.2) is 88.9 Å². The Kier molecular flexibility index (Phi) is 6.97. The summed E-state index contributed by atoms with van der Waals surface area (Å²) in [5.41, 5.74) is 6.38. The Morgan fingerprint density at radius 1 is 0.974 bits per heavy atom. The zero-order chi connectivity index (χ0) is 26.8. The van der Waals surface area contributed by atoms with Crippen LogP contribution in [-0.2, 0) is 0 Å². The monoisotopic (exact) mass is 504 g/mol. The number of rotatable bonds is 7. The van der Waals surface area contributed by atoms with Gasteiger partial charge in [-0.1, -0.05) is 44.2 Å². The van der Waals surface area contributed by atoms with Crippen LogP contribution in [0.2, 0.25) is 0 Å². The standard InChI is InChI=1S/C32H32N4O2/c1-6-38-30-18-23(5)27(19-26(30)21(2)3)31-34-28-15-9-8-14-25(28)32(37)36(31)33-20-24-13-11-17-35(24)29-16-10-7-12-22(29)4/h7-21H,6H2,1-5H3. The fraction of sp³-hybridized carbons (Fsp3) is 0.219. The topological polar surface area (TPSA) is 61.4 Å². The van der Waals surface area contributed by atoms with Crippen molar-refractivity contribution in [3.05, 3.63) is 112 Å². The summed E-state index contributed by atoms with van der Waals surface area (Å²) >= 11 is 0. The molecule has 0 aliphatic rings. The lowest BCUT2D eigenvalue weighted by molar-refractivity contribution is 0.335. The molecule has 0 aliphatic carbocycles. The minimum atomic E-state index is -0.213. The van der Waals surface area contributed by atoms with Crippen LogP contribution in [0.1, 0.15) is 49.1 Å². The Hall–Kier alpha value is -4.45. The average Bonchev–Trinajstić information content (AvgIpc) is 3.37. The molecule has 3 aromatic carbocycles. The molecule has 38 heavy (non-hydrogen) atoms. The second-order valence-electron chi connectivity index (χ2n) is 9.70. The fourth-order valence-electron chi connectivity index (χ4n) is 4.75. The molecule has 0 unspecified atom stereocenters. The van der Waals surface area contributed by atoms with Crippen LogP contribution in [0.25, 0.3) is 28.0 Å². The third kappa shape index (κ3) is 4.65. The quantitative estimate of drug-likeness (QED) is 0.227. The van der Waals surface area contributed by atoms with E-state index in [1.807, 2.05) is 68.6 Å². The van der Waals surface area contributed by atoms with Gasteiger partial charge in [-0.2, -0.15) is 9.78 Å². The van der Waals surface area contributed by atoms with Crippen molar-refractivity contribution >= 4 is 17.1 Å². The highest BCUT2D eigenvalue weighted by molar-refractivity contribution is 5.82. The minimum Gasteiger partial charge on any atom is -0.494 e. The van der Waals surface area contributed by atoms with Gasteiger partial charge in [-0.15, -0.1) is 0 Å². The number of hydrogen-bond acceptors (Lipinski definition) is 4. The first-order valence-corrected chi connectivity index (χ1v) is 13.0. The molecule has 192 valence electrons. The van der Waals surface area contributed by atoms with Crippen LogP contribution < -0.4 is 10.3 Å². The van der Waals surface area contributed by atoms with Crippen molar-refractivity contribution in [2.24, 2.45) is 5.10 Å². The van der Waals surface area contributed by atoms with Crippen molar-refractivity contribution in [1.29, 1.82) is 0 Å². The summed E-state index contributed by atoms with van der Waals surface area (Å²) in [6.07, 6.45) is 3.72. The van der Waals surface area contributed by atoms with Gasteiger partial charge in [0.15, 0.2) is 5.82 Å². The zero-order valence-electron chi connectivity index (χ0n) is 22.5. The van der Waals surface area contributed by atoms with Crippen molar-refractivity contribution in [3.8, 4) is 22.8 Å². The number of nitrogens with zero attached hydrogens (tertiary/aromatic N) is 4. The van der Waals surface area contributed by atoms with Crippen molar-refractivity contribution in [1.82, 2.24) is 14.2 Å². The van der Waals surface area contributed by atoms with Crippen LogP contribution in [-0.4, -0.2) is 27.0 Å². The highest BCUT2D eigenvalue weighted by atomic mass is 16.5. The molecule has 0 saturated heterocycles. The molecule has 0 atom stereocenters. The Bertz CT molecular complexity index is 1710. The molecule has 0 fully saturated rings. The van der Waals surface area contributed by atoms with Gasteiger partial charge in [-0.05, 0) is 85.8 Å². The van der Waals surface area contributed by atoms with Crippen LogP contribution in [0.5, 0.6) is 5.75 Å². The molecule has 0 saturated carbocycles. The molecule has 0 aliphatic heterocycles. The van der Waals surface area contributed by atoms with E-state index in [1.165, 1.54) is 4.68 Å². The molecular weight excluding hydrogens is 472 g/mol. The van der Waals surface area contributed by atoms with Gasteiger partial charge in [-0.25, -0.2) is 4.98 Å². The van der Waals surface area contributed by atoms with Crippen molar-refractivity contribution in [2.45, 2.75) is 40.5 Å². The van der Waals surface area contributed by atoms with Gasteiger partial charge in [0.1, 0.15) is 5.75 Å². The van der Waals surface area contributed by atoms with E-state index in [9.17, 15) is 4.79 Å². The van der Waals surface area contributed by atoms with Crippen molar-refractivity contribution in [2.75, 3.05) is 6.61 Å². The first kappa shape index (κ1) is 25.2. The van der Waals surface area contributed by atoms with Gasteiger partial charge in [0.25, 0.3) is 5.56 Å². The highest BCUT2D eigenvalue weighted by Gasteiger charge is 2.18. The third-order valence-electron chi connectivity index (χ3n) is 6.73. The molecule has 5 rings (SSSR count). The predicted octanol–water partition coefficient (Wildman–Crippen LogP) is 6.88. The summed E-state index contributed by atoms with van der Waals surface area (Å²) in [6, 6.07) is 23.7. The summed E-state index contributed by atoms with van der Waals surface area (Å²) in [6.45, 7) is 10.9. The van der Waals surface area contributed by atoms with Crippen LogP contribution in [0.4, 0.5) is 0 Å². The molecule has 0 radical (unpaired) electrons. The molecule has 5 aromatic rings. The SMILES string of the molecule is CCOc1cc(C)c(-c2nc3ccccc3c(=O)n2N=Cc2cccn2-c2ccccc2C)cc1C(C)C. The van der Waals surface area contributed by atoms with E-state index in [0.717, 1.165) is 39.4 Å². The number of aromatic nitrogens is 3. The van der Waals surface area contributed by atoms with Gasteiger partial charge < -0.3 is 9.30 Å². The zero-order valence-corrected chi connectivity index (χ0v) is 22.5. The Labute approximate surface area is 222 Å². The summed E-state index contributed by atoms with van der Waals surface area (Å²) < 4.78 is 9.42. The van der Waals surface area contributed by atoms with Crippen molar-refractivity contribution in [3.63, 3.8) is 0 Å². The van der Waals surface area contributed by atoms with Gasteiger partial charge in [0.2, 0.25) is 0 Å². The third-order valence-corrected chi connectivity index (χ3v) is 6.73. The number of para-hydroxylation sites is 2. The predicted molar refractivity (Wildman–Crippen MR) is 155 cm³/mol. The lowest BCUT2D eigenvalue weighted by atomic mass is 9.96. The smallest absolute Gasteiger partial charge is 0.282 e. The molecule has 0 spiro atoms. The molecule has 2 heterocycles. The van der Waals surface area contributed by atoms with Gasteiger partial charge in [0, 0.05) is 17.4 Å². The number of fused-ring (bicyclic) bond motifs is 1. The summed E-state index contributed by atoms with van der Waals surface area (Å²) in [7, 11) is 0.